The summed E-state index contributed by atoms with van der Waals surface area (Å²) in [6.07, 6.45) is 3.42. The zero-order valence-electron chi connectivity index (χ0n) is 9.31. The summed E-state index contributed by atoms with van der Waals surface area (Å²) < 4.78 is 0. The molecule has 0 bridgehead atoms. The van der Waals surface area contributed by atoms with Gasteiger partial charge in [0.2, 0.25) is 5.91 Å². The fourth-order valence-corrected chi connectivity index (χ4v) is 1.31. The third kappa shape index (κ3) is 5.02. The highest BCUT2D eigenvalue weighted by atomic mass is 16.1. The third-order valence-electron chi connectivity index (χ3n) is 2.39. The van der Waals surface area contributed by atoms with Gasteiger partial charge in [0, 0.05) is 18.7 Å². The van der Waals surface area contributed by atoms with E-state index in [2.05, 4.69) is 25.7 Å². The van der Waals surface area contributed by atoms with Gasteiger partial charge in [0.1, 0.15) is 0 Å². The lowest BCUT2D eigenvalue weighted by Crippen LogP contribution is -2.32. The molecule has 1 amide bonds. The monoisotopic (exact) mass is 198 g/mol. The van der Waals surface area contributed by atoms with Crippen LogP contribution in [0.5, 0.6) is 0 Å². The van der Waals surface area contributed by atoms with E-state index < -0.39 is 0 Å². The minimum Gasteiger partial charge on any atom is -0.352 e. The van der Waals surface area contributed by atoms with Crippen molar-refractivity contribution in [1.29, 1.82) is 0 Å². The van der Waals surface area contributed by atoms with Gasteiger partial charge in [-0.05, 0) is 12.3 Å². The van der Waals surface area contributed by atoms with Crippen molar-refractivity contribution in [3.8, 4) is 0 Å². The molecule has 0 saturated carbocycles. The van der Waals surface area contributed by atoms with E-state index in [1.807, 2.05) is 0 Å². The van der Waals surface area contributed by atoms with Crippen LogP contribution in [0.2, 0.25) is 0 Å². The maximum absolute atomic E-state index is 11.3. The number of hydrogen-bond donors (Lipinski definition) is 2. The van der Waals surface area contributed by atoms with E-state index in [4.69, 9.17) is 5.73 Å². The fourth-order valence-electron chi connectivity index (χ4n) is 1.31. The van der Waals surface area contributed by atoms with Gasteiger partial charge in [-0.15, -0.1) is 0 Å². The Balaban J connectivity index is 3.79. The molecule has 3 N–H and O–H groups in total. The van der Waals surface area contributed by atoms with Gasteiger partial charge < -0.3 is 11.1 Å². The zero-order chi connectivity index (χ0) is 11.0. The van der Waals surface area contributed by atoms with Crippen LogP contribution >= 0.6 is 0 Å². The average molecular weight is 198 g/mol. The van der Waals surface area contributed by atoms with Crippen LogP contribution in [-0.2, 0) is 4.79 Å². The first-order valence-corrected chi connectivity index (χ1v) is 5.31. The summed E-state index contributed by atoms with van der Waals surface area (Å²) in [4.78, 5) is 11.3. The zero-order valence-corrected chi connectivity index (χ0v) is 9.31. The Bertz CT molecular complexity index is 190. The number of carbonyl (C=O) groups excluding carboxylic acids is 1. The second kappa shape index (κ2) is 7.56. The van der Waals surface area contributed by atoms with Gasteiger partial charge in [0.15, 0.2) is 0 Å². The lowest BCUT2D eigenvalue weighted by atomic mass is 10.0. The van der Waals surface area contributed by atoms with Crippen LogP contribution in [0.25, 0.3) is 0 Å². The SMILES string of the molecule is C=C(CN)C(=O)NC[C@H](CC)CCC. The molecule has 0 aromatic carbocycles. The van der Waals surface area contributed by atoms with Crippen molar-refractivity contribution in [3.05, 3.63) is 12.2 Å². The smallest absolute Gasteiger partial charge is 0.247 e. The third-order valence-corrected chi connectivity index (χ3v) is 2.39. The van der Waals surface area contributed by atoms with Gasteiger partial charge in [-0.3, -0.25) is 4.79 Å². The van der Waals surface area contributed by atoms with Gasteiger partial charge in [-0.25, -0.2) is 0 Å². The van der Waals surface area contributed by atoms with Gasteiger partial charge in [-0.2, -0.15) is 0 Å². The molecule has 0 spiro atoms. The Hall–Kier alpha value is -0.830. The van der Waals surface area contributed by atoms with Crippen molar-refractivity contribution in [1.82, 2.24) is 5.32 Å². The standard InChI is InChI=1S/C11H22N2O/c1-4-6-10(5-2)8-13-11(14)9(3)7-12/h10H,3-8,12H2,1-2H3,(H,13,14)/t10-/m1/s1. The topological polar surface area (TPSA) is 55.1 Å². The first kappa shape index (κ1) is 13.2. The van der Waals surface area contributed by atoms with Crippen LogP contribution in [0.1, 0.15) is 33.1 Å². The molecule has 0 aliphatic rings. The van der Waals surface area contributed by atoms with Gasteiger partial charge in [0.05, 0.1) is 0 Å². The molecule has 0 fully saturated rings. The highest BCUT2D eigenvalue weighted by Gasteiger charge is 2.08. The van der Waals surface area contributed by atoms with Crippen LogP contribution in [-0.4, -0.2) is 19.0 Å². The Kier molecular flexibility index (Phi) is 7.11. The van der Waals surface area contributed by atoms with Gasteiger partial charge in [0.25, 0.3) is 0 Å². The number of hydrogen-bond acceptors (Lipinski definition) is 2. The molecule has 3 heteroatoms. The van der Waals surface area contributed by atoms with Crippen molar-refractivity contribution in [2.45, 2.75) is 33.1 Å². The summed E-state index contributed by atoms with van der Waals surface area (Å²) in [5.41, 5.74) is 5.77. The van der Waals surface area contributed by atoms with Crippen LogP contribution in [0, 0.1) is 5.92 Å². The van der Waals surface area contributed by atoms with Crippen molar-refractivity contribution >= 4 is 5.91 Å². The molecule has 0 radical (unpaired) electrons. The molecule has 0 aliphatic heterocycles. The van der Waals surface area contributed by atoms with Crippen molar-refractivity contribution in [3.63, 3.8) is 0 Å². The largest absolute Gasteiger partial charge is 0.352 e. The Morgan fingerprint density at radius 1 is 1.50 bits per heavy atom. The highest BCUT2D eigenvalue weighted by molar-refractivity contribution is 5.93. The first-order chi connectivity index (χ1) is 6.65. The van der Waals surface area contributed by atoms with Crippen molar-refractivity contribution in [2.24, 2.45) is 11.7 Å². The number of rotatable bonds is 7. The summed E-state index contributed by atoms with van der Waals surface area (Å²) in [7, 11) is 0. The molecular formula is C11H22N2O. The average Bonchev–Trinajstić information content (AvgIpc) is 2.22. The Morgan fingerprint density at radius 2 is 2.14 bits per heavy atom. The van der Waals surface area contributed by atoms with Gasteiger partial charge in [-0.1, -0.05) is 33.3 Å². The normalized spacial score (nSPS) is 12.2. The van der Waals surface area contributed by atoms with Crippen LogP contribution < -0.4 is 11.1 Å². The van der Waals surface area contributed by atoms with E-state index in [1.54, 1.807) is 0 Å². The molecule has 0 rings (SSSR count). The molecule has 82 valence electrons. The quantitative estimate of drug-likeness (QED) is 0.608. The number of amides is 1. The van der Waals surface area contributed by atoms with E-state index in [9.17, 15) is 4.79 Å². The summed E-state index contributed by atoms with van der Waals surface area (Å²) in [6.45, 7) is 8.86. The lowest BCUT2D eigenvalue weighted by molar-refractivity contribution is -0.117. The highest BCUT2D eigenvalue weighted by Crippen LogP contribution is 2.08. The van der Waals surface area contributed by atoms with Crippen LogP contribution in [0.15, 0.2) is 12.2 Å². The van der Waals surface area contributed by atoms with E-state index in [1.165, 1.54) is 0 Å². The first-order valence-electron chi connectivity index (χ1n) is 5.31. The molecule has 0 aliphatic carbocycles. The Labute approximate surface area is 86.8 Å². The molecule has 0 aromatic rings. The van der Waals surface area contributed by atoms with Crippen molar-refractivity contribution < 1.29 is 4.79 Å². The molecular weight excluding hydrogens is 176 g/mol. The van der Waals surface area contributed by atoms with Crippen molar-refractivity contribution in [2.75, 3.05) is 13.1 Å². The van der Waals surface area contributed by atoms with E-state index in [-0.39, 0.29) is 12.5 Å². The Morgan fingerprint density at radius 3 is 2.57 bits per heavy atom. The molecule has 0 aromatic heterocycles. The fraction of sp³-hybridized carbons (Fsp3) is 0.727. The number of nitrogens with one attached hydrogen (secondary N) is 1. The number of carbonyl (C=O) groups is 1. The molecule has 0 unspecified atom stereocenters. The molecule has 0 saturated heterocycles. The van der Waals surface area contributed by atoms with Gasteiger partial charge >= 0.3 is 0 Å². The van der Waals surface area contributed by atoms with E-state index in [0.717, 1.165) is 25.8 Å². The summed E-state index contributed by atoms with van der Waals surface area (Å²) in [6, 6.07) is 0. The van der Waals surface area contributed by atoms with E-state index in [0.29, 0.717) is 11.5 Å². The maximum atomic E-state index is 11.3. The minimum atomic E-state index is -0.109. The molecule has 1 atom stereocenters. The molecule has 3 nitrogen and oxygen atoms in total. The van der Waals surface area contributed by atoms with Crippen LogP contribution in [0.3, 0.4) is 0 Å². The predicted octanol–water partition coefficient (Wildman–Crippen LogP) is 1.44. The summed E-state index contributed by atoms with van der Waals surface area (Å²) in [5.74, 6) is 0.469. The van der Waals surface area contributed by atoms with Crippen LogP contribution in [0.4, 0.5) is 0 Å². The number of nitrogens with two attached hydrogens (primary N) is 1. The minimum absolute atomic E-state index is 0.109. The van der Waals surface area contributed by atoms with E-state index >= 15 is 0 Å². The predicted molar refractivity (Wildman–Crippen MR) is 59.9 cm³/mol. The second-order valence-corrected chi connectivity index (χ2v) is 3.58. The lowest BCUT2D eigenvalue weighted by Gasteiger charge is -2.14. The molecule has 0 heterocycles. The maximum Gasteiger partial charge on any atom is 0.247 e. The second-order valence-electron chi connectivity index (χ2n) is 3.58. The molecule has 14 heavy (non-hydrogen) atoms. The summed E-state index contributed by atoms with van der Waals surface area (Å²) in [5, 5.41) is 2.85. The summed E-state index contributed by atoms with van der Waals surface area (Å²) >= 11 is 0.